The van der Waals surface area contributed by atoms with Crippen LogP contribution in [0.25, 0.3) is 0 Å². The fourth-order valence-corrected chi connectivity index (χ4v) is 0.678. The summed E-state index contributed by atoms with van der Waals surface area (Å²) < 4.78 is 4.94. The van der Waals surface area contributed by atoms with E-state index in [-0.39, 0.29) is 0 Å². The molecule has 0 spiro atoms. The number of alkyl halides is 1. The topological polar surface area (TPSA) is 9.23 Å². The third kappa shape index (κ3) is 1.27. The molecule has 0 radical (unpaired) electrons. The van der Waals surface area contributed by atoms with Crippen molar-refractivity contribution in [3.8, 4) is 0 Å². The van der Waals surface area contributed by atoms with Crippen molar-refractivity contribution < 1.29 is 4.74 Å². The van der Waals surface area contributed by atoms with Gasteiger partial charge in [0, 0.05) is 5.57 Å². The van der Waals surface area contributed by atoms with Crippen LogP contribution in [0.2, 0.25) is 0 Å². The van der Waals surface area contributed by atoms with Crippen LogP contribution in [0.1, 0.15) is 0 Å². The van der Waals surface area contributed by atoms with Crippen LogP contribution in [0.3, 0.4) is 0 Å². The summed E-state index contributed by atoms with van der Waals surface area (Å²) in [4.78, 5) is 0. The maximum absolute atomic E-state index is 5.48. The molecule has 44 valence electrons. The summed E-state index contributed by atoms with van der Waals surface area (Å²) in [7, 11) is 0. The van der Waals surface area contributed by atoms with Gasteiger partial charge in [-0.1, -0.05) is 6.08 Å². The first-order chi connectivity index (χ1) is 3.93. The molecule has 0 amide bonds. The third-order valence-electron chi connectivity index (χ3n) is 0.913. The minimum absolute atomic E-state index is 0.538. The molecule has 0 aliphatic carbocycles. The Kier molecular flexibility index (Phi) is 1.98. The first-order valence-electron chi connectivity index (χ1n) is 2.46. The van der Waals surface area contributed by atoms with Gasteiger partial charge >= 0.3 is 0 Å². The van der Waals surface area contributed by atoms with Crippen molar-refractivity contribution in [2.75, 3.05) is 12.5 Å². The van der Waals surface area contributed by atoms with Gasteiger partial charge in [-0.05, 0) is 6.08 Å². The smallest absolute Gasteiger partial charge is 0.106 e. The Morgan fingerprint density at radius 2 is 2.62 bits per heavy atom. The van der Waals surface area contributed by atoms with E-state index in [1.54, 1.807) is 6.26 Å². The second-order valence-electron chi connectivity index (χ2n) is 1.56. The summed E-state index contributed by atoms with van der Waals surface area (Å²) in [5.74, 6) is 0.538. The molecule has 0 saturated heterocycles. The lowest BCUT2D eigenvalue weighted by molar-refractivity contribution is 0.282. The highest BCUT2D eigenvalue weighted by Crippen LogP contribution is 2.04. The Morgan fingerprint density at radius 3 is 3.00 bits per heavy atom. The molecule has 0 bridgehead atoms. The second kappa shape index (κ2) is 2.78. The highest BCUT2D eigenvalue weighted by molar-refractivity contribution is 6.19. The van der Waals surface area contributed by atoms with Crippen LogP contribution < -0.4 is 0 Å². The first kappa shape index (κ1) is 5.70. The zero-order valence-corrected chi connectivity index (χ0v) is 5.19. The number of halogens is 1. The first-order valence-corrected chi connectivity index (χ1v) is 3.00. The molecule has 2 heteroatoms. The van der Waals surface area contributed by atoms with Crippen LogP contribution in [0.4, 0.5) is 0 Å². The zero-order chi connectivity index (χ0) is 5.82. The molecule has 1 nitrogen and oxygen atoms in total. The van der Waals surface area contributed by atoms with Crippen LogP contribution in [0.15, 0.2) is 24.0 Å². The predicted molar refractivity (Wildman–Crippen MR) is 33.9 cm³/mol. The molecule has 0 saturated carbocycles. The second-order valence-corrected chi connectivity index (χ2v) is 1.83. The van der Waals surface area contributed by atoms with Gasteiger partial charge in [0.1, 0.15) is 6.61 Å². The molecule has 1 aliphatic heterocycles. The maximum Gasteiger partial charge on any atom is 0.106 e. The SMILES string of the molecule is ClCC1=COCC=C1. The lowest BCUT2D eigenvalue weighted by Crippen LogP contribution is -1.91. The summed E-state index contributed by atoms with van der Waals surface area (Å²) in [5.41, 5.74) is 1.04. The van der Waals surface area contributed by atoms with Gasteiger partial charge in [0.25, 0.3) is 0 Å². The number of allylic oxidation sites excluding steroid dienone is 2. The lowest BCUT2D eigenvalue weighted by atomic mass is 10.3. The Balaban J connectivity index is 2.51. The number of hydrogen-bond acceptors (Lipinski definition) is 1. The molecule has 0 fully saturated rings. The van der Waals surface area contributed by atoms with E-state index in [0.717, 1.165) is 5.57 Å². The normalized spacial score (nSPS) is 17.4. The maximum atomic E-state index is 5.48. The molecule has 0 aromatic heterocycles. The fraction of sp³-hybridized carbons (Fsp3) is 0.333. The molecule has 1 heterocycles. The minimum atomic E-state index is 0.538. The quantitative estimate of drug-likeness (QED) is 0.491. The van der Waals surface area contributed by atoms with Gasteiger partial charge in [-0.2, -0.15) is 0 Å². The van der Waals surface area contributed by atoms with E-state index in [2.05, 4.69) is 0 Å². The van der Waals surface area contributed by atoms with E-state index < -0.39 is 0 Å². The average Bonchev–Trinajstić information content (AvgIpc) is 1.90. The van der Waals surface area contributed by atoms with Crippen molar-refractivity contribution in [2.45, 2.75) is 0 Å². The van der Waals surface area contributed by atoms with Gasteiger partial charge in [0.05, 0.1) is 12.1 Å². The number of ether oxygens (including phenoxy) is 1. The largest absolute Gasteiger partial charge is 0.497 e. The summed E-state index contributed by atoms with van der Waals surface area (Å²) in [6, 6.07) is 0. The number of rotatable bonds is 1. The van der Waals surface area contributed by atoms with Crippen LogP contribution in [-0.4, -0.2) is 12.5 Å². The molecule has 0 unspecified atom stereocenters. The van der Waals surface area contributed by atoms with Crippen molar-refractivity contribution >= 4 is 11.6 Å². The van der Waals surface area contributed by atoms with Gasteiger partial charge in [0.15, 0.2) is 0 Å². The fourth-order valence-electron chi connectivity index (χ4n) is 0.526. The average molecular weight is 131 g/mol. The van der Waals surface area contributed by atoms with Gasteiger partial charge < -0.3 is 4.74 Å². The lowest BCUT2D eigenvalue weighted by Gasteiger charge is -2.02. The summed E-state index contributed by atoms with van der Waals surface area (Å²) in [6.07, 6.45) is 5.60. The van der Waals surface area contributed by atoms with Crippen LogP contribution in [-0.2, 0) is 4.74 Å². The van der Waals surface area contributed by atoms with Crippen LogP contribution in [0.5, 0.6) is 0 Å². The molecular formula is C6H7ClO. The molecule has 0 aromatic carbocycles. The molecule has 8 heavy (non-hydrogen) atoms. The van der Waals surface area contributed by atoms with Crippen molar-refractivity contribution in [3.05, 3.63) is 24.0 Å². The number of hydrogen-bond donors (Lipinski definition) is 0. The van der Waals surface area contributed by atoms with E-state index in [9.17, 15) is 0 Å². The molecule has 0 aromatic rings. The van der Waals surface area contributed by atoms with E-state index in [1.807, 2.05) is 12.2 Å². The Bertz CT molecular complexity index is 126. The zero-order valence-electron chi connectivity index (χ0n) is 4.43. The summed E-state index contributed by atoms with van der Waals surface area (Å²) in [6.45, 7) is 0.681. The minimum Gasteiger partial charge on any atom is -0.497 e. The van der Waals surface area contributed by atoms with Crippen molar-refractivity contribution in [2.24, 2.45) is 0 Å². The van der Waals surface area contributed by atoms with Crippen molar-refractivity contribution in [3.63, 3.8) is 0 Å². The molecule has 1 rings (SSSR count). The van der Waals surface area contributed by atoms with Crippen molar-refractivity contribution in [1.82, 2.24) is 0 Å². The molecular weight excluding hydrogens is 124 g/mol. The van der Waals surface area contributed by atoms with Gasteiger partial charge in [-0.25, -0.2) is 0 Å². The van der Waals surface area contributed by atoms with Gasteiger partial charge in [0.2, 0.25) is 0 Å². The van der Waals surface area contributed by atoms with E-state index >= 15 is 0 Å². The van der Waals surface area contributed by atoms with Crippen LogP contribution in [0, 0.1) is 0 Å². The molecule has 0 N–H and O–H groups in total. The molecule has 1 aliphatic rings. The molecule has 0 atom stereocenters. The highest BCUT2D eigenvalue weighted by Gasteiger charge is 1.92. The van der Waals surface area contributed by atoms with Crippen LogP contribution >= 0.6 is 11.6 Å². The Morgan fingerprint density at radius 1 is 1.75 bits per heavy atom. The summed E-state index contributed by atoms with van der Waals surface area (Å²) in [5, 5.41) is 0. The van der Waals surface area contributed by atoms with Gasteiger partial charge in [-0.15, -0.1) is 11.6 Å². The van der Waals surface area contributed by atoms with Crippen molar-refractivity contribution in [1.29, 1.82) is 0 Å². The third-order valence-corrected chi connectivity index (χ3v) is 1.22. The monoisotopic (exact) mass is 130 g/mol. The van der Waals surface area contributed by atoms with E-state index in [1.165, 1.54) is 0 Å². The highest BCUT2D eigenvalue weighted by atomic mass is 35.5. The Hall–Kier alpha value is -0.430. The van der Waals surface area contributed by atoms with Gasteiger partial charge in [-0.3, -0.25) is 0 Å². The van der Waals surface area contributed by atoms with E-state index in [0.29, 0.717) is 12.5 Å². The van der Waals surface area contributed by atoms with E-state index in [4.69, 9.17) is 16.3 Å². The summed E-state index contributed by atoms with van der Waals surface area (Å²) >= 11 is 5.48. The standard InChI is InChI=1S/C6H7ClO/c7-4-6-2-1-3-8-5-6/h1-2,5H,3-4H2. The predicted octanol–water partition coefficient (Wildman–Crippen LogP) is 1.70. The Labute approximate surface area is 53.6 Å².